The molecule has 94 valence electrons. The third-order valence-electron chi connectivity index (χ3n) is 3.71. The van der Waals surface area contributed by atoms with Crippen LogP contribution < -0.4 is 10.1 Å². The van der Waals surface area contributed by atoms with Gasteiger partial charge in [-0.2, -0.15) is 0 Å². The Kier molecular flexibility index (Phi) is 4.43. The zero-order valence-corrected chi connectivity index (χ0v) is 10.9. The molecule has 0 bridgehead atoms. The van der Waals surface area contributed by atoms with Gasteiger partial charge < -0.3 is 10.1 Å². The molecule has 2 atom stereocenters. The van der Waals surface area contributed by atoms with E-state index in [1.807, 2.05) is 12.1 Å². The molecule has 0 aliphatic heterocycles. The predicted octanol–water partition coefficient (Wildman–Crippen LogP) is 3.36. The zero-order valence-electron chi connectivity index (χ0n) is 10.9. The molecule has 1 saturated carbocycles. The van der Waals surface area contributed by atoms with Crippen molar-refractivity contribution in [3.63, 3.8) is 0 Å². The van der Waals surface area contributed by atoms with Gasteiger partial charge in [-0.05, 0) is 24.8 Å². The Balaban J connectivity index is 1.88. The van der Waals surface area contributed by atoms with Gasteiger partial charge in [0.15, 0.2) is 0 Å². The second-order valence-corrected chi connectivity index (χ2v) is 5.16. The van der Waals surface area contributed by atoms with Crippen molar-refractivity contribution in [1.82, 2.24) is 5.32 Å². The summed E-state index contributed by atoms with van der Waals surface area (Å²) in [5.74, 6) is 1.86. The van der Waals surface area contributed by atoms with Crippen LogP contribution >= 0.6 is 0 Å². The lowest BCUT2D eigenvalue weighted by Gasteiger charge is -2.27. The Morgan fingerprint density at radius 1 is 1.29 bits per heavy atom. The van der Waals surface area contributed by atoms with E-state index in [-0.39, 0.29) is 0 Å². The number of para-hydroxylation sites is 1. The minimum Gasteiger partial charge on any atom is -0.496 e. The number of rotatable bonds is 4. The number of nitrogens with one attached hydrogen (secondary N) is 1. The summed E-state index contributed by atoms with van der Waals surface area (Å²) in [6.45, 7) is 3.28. The molecule has 1 aromatic carbocycles. The second kappa shape index (κ2) is 6.06. The van der Waals surface area contributed by atoms with Gasteiger partial charge >= 0.3 is 0 Å². The van der Waals surface area contributed by atoms with Gasteiger partial charge in [0.25, 0.3) is 0 Å². The molecular weight excluding hydrogens is 210 g/mol. The van der Waals surface area contributed by atoms with Crippen molar-refractivity contribution in [2.45, 2.75) is 45.2 Å². The van der Waals surface area contributed by atoms with E-state index in [0.29, 0.717) is 6.04 Å². The van der Waals surface area contributed by atoms with Crippen molar-refractivity contribution in [3.8, 4) is 5.75 Å². The van der Waals surface area contributed by atoms with Crippen molar-refractivity contribution >= 4 is 0 Å². The monoisotopic (exact) mass is 233 g/mol. The highest BCUT2D eigenvalue weighted by Crippen LogP contribution is 2.24. The summed E-state index contributed by atoms with van der Waals surface area (Å²) in [7, 11) is 1.74. The Bertz CT molecular complexity index is 351. The molecular formula is C15H23NO. The van der Waals surface area contributed by atoms with Gasteiger partial charge in [0.1, 0.15) is 5.75 Å². The fourth-order valence-corrected chi connectivity index (χ4v) is 2.72. The van der Waals surface area contributed by atoms with Crippen molar-refractivity contribution < 1.29 is 4.74 Å². The number of methoxy groups -OCH3 is 1. The molecule has 0 spiro atoms. The minimum atomic E-state index is 0.684. The maximum Gasteiger partial charge on any atom is 0.123 e. The maximum atomic E-state index is 5.37. The molecule has 0 heterocycles. The summed E-state index contributed by atoms with van der Waals surface area (Å²) in [5, 5.41) is 3.66. The van der Waals surface area contributed by atoms with Crippen LogP contribution in [0.25, 0.3) is 0 Å². The normalized spacial score (nSPS) is 24.6. The molecule has 1 fully saturated rings. The van der Waals surface area contributed by atoms with Crippen LogP contribution in [0.4, 0.5) is 0 Å². The highest BCUT2D eigenvalue weighted by Gasteiger charge is 2.18. The maximum absolute atomic E-state index is 5.37. The van der Waals surface area contributed by atoms with Crippen molar-refractivity contribution in [2.75, 3.05) is 7.11 Å². The van der Waals surface area contributed by atoms with Crippen molar-refractivity contribution in [3.05, 3.63) is 29.8 Å². The third-order valence-corrected chi connectivity index (χ3v) is 3.71. The summed E-state index contributed by atoms with van der Waals surface area (Å²) in [4.78, 5) is 0. The van der Waals surface area contributed by atoms with E-state index >= 15 is 0 Å². The SMILES string of the molecule is COc1ccccc1CN[C@@H]1CCC[C@H](C)C1. The topological polar surface area (TPSA) is 21.3 Å². The van der Waals surface area contributed by atoms with Crippen molar-refractivity contribution in [1.29, 1.82) is 0 Å². The van der Waals surface area contributed by atoms with Crippen LogP contribution in [0.1, 0.15) is 38.2 Å². The molecule has 0 saturated heterocycles. The molecule has 0 aromatic heterocycles. The van der Waals surface area contributed by atoms with E-state index in [9.17, 15) is 0 Å². The van der Waals surface area contributed by atoms with Crippen LogP contribution in [0.2, 0.25) is 0 Å². The quantitative estimate of drug-likeness (QED) is 0.861. The number of benzene rings is 1. The van der Waals surface area contributed by atoms with Gasteiger partial charge in [0.2, 0.25) is 0 Å². The highest BCUT2D eigenvalue weighted by molar-refractivity contribution is 5.33. The highest BCUT2D eigenvalue weighted by atomic mass is 16.5. The van der Waals surface area contributed by atoms with Crippen LogP contribution in [-0.2, 0) is 6.54 Å². The first-order valence-electron chi connectivity index (χ1n) is 6.65. The third kappa shape index (κ3) is 3.47. The van der Waals surface area contributed by atoms with E-state index < -0.39 is 0 Å². The van der Waals surface area contributed by atoms with E-state index in [1.165, 1.54) is 31.2 Å². The van der Waals surface area contributed by atoms with Crippen LogP contribution in [0.15, 0.2) is 24.3 Å². The second-order valence-electron chi connectivity index (χ2n) is 5.16. The van der Waals surface area contributed by atoms with Crippen LogP contribution in [0.3, 0.4) is 0 Å². The Labute approximate surface area is 104 Å². The predicted molar refractivity (Wildman–Crippen MR) is 71.3 cm³/mol. The molecule has 0 amide bonds. The Morgan fingerprint density at radius 3 is 2.88 bits per heavy atom. The largest absolute Gasteiger partial charge is 0.496 e. The van der Waals surface area contributed by atoms with Crippen LogP contribution in [0.5, 0.6) is 5.75 Å². The van der Waals surface area contributed by atoms with Gasteiger partial charge in [0, 0.05) is 18.2 Å². The molecule has 0 radical (unpaired) electrons. The first kappa shape index (κ1) is 12.4. The number of ether oxygens (including phenoxy) is 1. The molecule has 1 aliphatic rings. The fraction of sp³-hybridized carbons (Fsp3) is 0.600. The van der Waals surface area contributed by atoms with E-state index in [2.05, 4.69) is 24.4 Å². The van der Waals surface area contributed by atoms with Gasteiger partial charge in [-0.3, -0.25) is 0 Å². The lowest BCUT2D eigenvalue weighted by atomic mass is 9.87. The average Bonchev–Trinajstić information content (AvgIpc) is 2.37. The summed E-state index contributed by atoms with van der Waals surface area (Å²) in [6.07, 6.45) is 5.40. The van der Waals surface area contributed by atoms with E-state index in [4.69, 9.17) is 4.74 Å². The molecule has 17 heavy (non-hydrogen) atoms. The summed E-state index contributed by atoms with van der Waals surface area (Å²) in [5.41, 5.74) is 1.26. The molecule has 0 unspecified atom stereocenters. The smallest absolute Gasteiger partial charge is 0.123 e. The van der Waals surface area contributed by atoms with E-state index in [0.717, 1.165) is 18.2 Å². The lowest BCUT2D eigenvalue weighted by Crippen LogP contribution is -2.33. The van der Waals surface area contributed by atoms with Gasteiger partial charge in [0.05, 0.1) is 7.11 Å². The van der Waals surface area contributed by atoms with Crippen molar-refractivity contribution in [2.24, 2.45) is 5.92 Å². The lowest BCUT2D eigenvalue weighted by molar-refractivity contribution is 0.299. The number of hydrogen-bond acceptors (Lipinski definition) is 2. The summed E-state index contributed by atoms with van der Waals surface area (Å²) < 4.78 is 5.37. The van der Waals surface area contributed by atoms with Gasteiger partial charge in [-0.1, -0.05) is 38.0 Å². The zero-order chi connectivity index (χ0) is 12.1. The molecule has 1 aliphatic carbocycles. The first-order chi connectivity index (χ1) is 8.29. The minimum absolute atomic E-state index is 0.684. The molecule has 2 heteroatoms. The Hall–Kier alpha value is -1.02. The molecule has 1 aromatic rings. The standard InChI is InChI=1S/C15H23NO/c1-12-6-5-8-14(10-12)16-11-13-7-3-4-9-15(13)17-2/h3-4,7,9,12,14,16H,5-6,8,10-11H2,1-2H3/t12-,14+/m0/s1. The van der Waals surface area contributed by atoms with Gasteiger partial charge in [-0.25, -0.2) is 0 Å². The van der Waals surface area contributed by atoms with Crippen LogP contribution in [0, 0.1) is 5.92 Å². The van der Waals surface area contributed by atoms with Gasteiger partial charge in [-0.15, -0.1) is 0 Å². The molecule has 2 rings (SSSR count). The first-order valence-corrected chi connectivity index (χ1v) is 6.65. The van der Waals surface area contributed by atoms with Crippen LogP contribution in [-0.4, -0.2) is 13.2 Å². The Morgan fingerprint density at radius 2 is 2.12 bits per heavy atom. The summed E-state index contributed by atoms with van der Waals surface area (Å²) >= 11 is 0. The van der Waals surface area contributed by atoms with E-state index in [1.54, 1.807) is 7.11 Å². The molecule has 2 nitrogen and oxygen atoms in total. The average molecular weight is 233 g/mol. The summed E-state index contributed by atoms with van der Waals surface area (Å²) in [6, 6.07) is 8.94. The molecule has 1 N–H and O–H groups in total. The number of hydrogen-bond donors (Lipinski definition) is 1. The fourth-order valence-electron chi connectivity index (χ4n) is 2.72.